The summed E-state index contributed by atoms with van der Waals surface area (Å²) < 4.78 is 52.5. The van der Waals surface area contributed by atoms with Crippen LogP contribution in [-0.2, 0) is 27.8 Å². The summed E-state index contributed by atoms with van der Waals surface area (Å²) in [6.07, 6.45) is 0.103. The summed E-state index contributed by atoms with van der Waals surface area (Å²) in [6, 6.07) is 18.2. The summed E-state index contributed by atoms with van der Waals surface area (Å²) in [5.74, 6) is -0.599. The summed E-state index contributed by atoms with van der Waals surface area (Å²) in [6.45, 7) is 0.194. The zero-order chi connectivity index (χ0) is 23.8. The lowest BCUT2D eigenvalue weighted by molar-refractivity contribution is -0.122. The van der Waals surface area contributed by atoms with Crippen molar-refractivity contribution in [1.29, 1.82) is 0 Å². The zero-order valence-corrected chi connectivity index (χ0v) is 19.1. The molecule has 1 unspecified atom stereocenters. The van der Waals surface area contributed by atoms with Gasteiger partial charge in [0.05, 0.1) is 14.2 Å². The van der Waals surface area contributed by atoms with Crippen molar-refractivity contribution < 1.29 is 27.1 Å². The van der Waals surface area contributed by atoms with Gasteiger partial charge in [-0.15, -0.1) is 0 Å². The number of amides is 1. The van der Waals surface area contributed by atoms with Gasteiger partial charge in [-0.05, 0) is 47.9 Å². The van der Waals surface area contributed by atoms with Crippen molar-refractivity contribution in [2.24, 2.45) is 0 Å². The van der Waals surface area contributed by atoms with Gasteiger partial charge in [0.2, 0.25) is 15.9 Å². The van der Waals surface area contributed by atoms with Crippen molar-refractivity contribution in [3.05, 3.63) is 89.7 Å². The van der Waals surface area contributed by atoms with Crippen molar-refractivity contribution in [3.8, 4) is 11.5 Å². The van der Waals surface area contributed by atoms with Crippen molar-refractivity contribution in [2.75, 3.05) is 14.2 Å². The second-order valence-corrected chi connectivity index (χ2v) is 8.91. The lowest BCUT2D eigenvalue weighted by atomic mass is 10.1. The van der Waals surface area contributed by atoms with E-state index in [1.165, 1.54) is 13.2 Å². The fourth-order valence-corrected chi connectivity index (χ4v) is 4.58. The predicted molar refractivity (Wildman–Crippen MR) is 122 cm³/mol. The van der Waals surface area contributed by atoms with Crippen LogP contribution in [0.25, 0.3) is 0 Å². The van der Waals surface area contributed by atoms with Gasteiger partial charge in [-0.2, -0.15) is 4.72 Å². The minimum atomic E-state index is -4.27. The third kappa shape index (κ3) is 6.53. The van der Waals surface area contributed by atoms with E-state index >= 15 is 0 Å². The highest BCUT2D eigenvalue weighted by Crippen LogP contribution is 2.25. The van der Waals surface area contributed by atoms with Crippen LogP contribution in [0.15, 0.2) is 77.7 Å². The zero-order valence-electron chi connectivity index (χ0n) is 18.2. The second-order valence-electron chi connectivity index (χ2n) is 7.22. The SMILES string of the molecule is COc1ccc(CNC(=O)C(Cc2ccccc2)NS(=O)(=O)c2cc(F)ccc2OC)cc1. The first-order valence-corrected chi connectivity index (χ1v) is 11.6. The van der Waals surface area contributed by atoms with E-state index in [1.807, 2.05) is 6.07 Å². The quantitative estimate of drug-likeness (QED) is 0.473. The molecule has 0 saturated heterocycles. The maximum absolute atomic E-state index is 13.8. The van der Waals surface area contributed by atoms with Crippen LogP contribution in [0, 0.1) is 5.82 Å². The molecule has 1 atom stereocenters. The van der Waals surface area contributed by atoms with Gasteiger partial charge in [-0.3, -0.25) is 4.79 Å². The number of hydrogen-bond donors (Lipinski definition) is 2. The number of nitrogens with one attached hydrogen (secondary N) is 2. The molecule has 174 valence electrons. The van der Waals surface area contributed by atoms with Crippen LogP contribution in [0.4, 0.5) is 4.39 Å². The topological polar surface area (TPSA) is 93.7 Å². The van der Waals surface area contributed by atoms with E-state index in [2.05, 4.69) is 10.0 Å². The normalized spacial score (nSPS) is 12.1. The van der Waals surface area contributed by atoms with Gasteiger partial charge in [-0.1, -0.05) is 42.5 Å². The first-order chi connectivity index (χ1) is 15.8. The van der Waals surface area contributed by atoms with Crippen LogP contribution >= 0.6 is 0 Å². The molecule has 3 rings (SSSR count). The van der Waals surface area contributed by atoms with E-state index in [4.69, 9.17) is 9.47 Å². The van der Waals surface area contributed by atoms with Crippen LogP contribution in [0.3, 0.4) is 0 Å². The smallest absolute Gasteiger partial charge is 0.245 e. The molecule has 3 aromatic rings. The average molecular weight is 473 g/mol. The molecule has 33 heavy (non-hydrogen) atoms. The van der Waals surface area contributed by atoms with Gasteiger partial charge >= 0.3 is 0 Å². The van der Waals surface area contributed by atoms with Crippen LogP contribution in [0.1, 0.15) is 11.1 Å². The second kappa shape index (κ2) is 10.9. The maximum atomic E-state index is 13.8. The molecular weight excluding hydrogens is 447 g/mol. The minimum Gasteiger partial charge on any atom is -0.497 e. The molecule has 0 aromatic heterocycles. The Morgan fingerprint density at radius 2 is 1.64 bits per heavy atom. The van der Waals surface area contributed by atoms with Crippen LogP contribution in [-0.4, -0.2) is 34.6 Å². The molecule has 0 aliphatic heterocycles. The molecule has 0 bridgehead atoms. The lowest BCUT2D eigenvalue weighted by Crippen LogP contribution is -2.47. The summed E-state index contributed by atoms with van der Waals surface area (Å²) >= 11 is 0. The van der Waals surface area contributed by atoms with Crippen molar-refractivity contribution in [1.82, 2.24) is 10.0 Å². The number of ether oxygens (including phenoxy) is 2. The first-order valence-electron chi connectivity index (χ1n) is 10.1. The highest BCUT2D eigenvalue weighted by Gasteiger charge is 2.28. The number of methoxy groups -OCH3 is 2. The summed E-state index contributed by atoms with van der Waals surface area (Å²) in [7, 11) is -1.43. The number of sulfonamides is 1. The largest absolute Gasteiger partial charge is 0.497 e. The number of benzene rings is 3. The van der Waals surface area contributed by atoms with E-state index in [0.29, 0.717) is 5.75 Å². The van der Waals surface area contributed by atoms with Gasteiger partial charge in [0, 0.05) is 6.54 Å². The highest BCUT2D eigenvalue weighted by atomic mass is 32.2. The number of halogens is 1. The molecular formula is C24H25FN2O5S. The molecule has 0 radical (unpaired) electrons. The summed E-state index contributed by atoms with van der Waals surface area (Å²) in [5, 5.41) is 2.76. The van der Waals surface area contributed by atoms with E-state index in [1.54, 1.807) is 55.6 Å². The number of carbonyl (C=O) groups excluding carboxylic acids is 1. The van der Waals surface area contributed by atoms with Crippen LogP contribution in [0.5, 0.6) is 11.5 Å². The predicted octanol–water partition coefficient (Wildman–Crippen LogP) is 3.05. The summed E-state index contributed by atoms with van der Waals surface area (Å²) in [5.41, 5.74) is 1.58. The van der Waals surface area contributed by atoms with Gasteiger partial charge in [-0.25, -0.2) is 12.8 Å². The van der Waals surface area contributed by atoms with Crippen molar-refractivity contribution >= 4 is 15.9 Å². The number of carbonyl (C=O) groups is 1. The molecule has 2 N–H and O–H groups in total. The monoisotopic (exact) mass is 472 g/mol. The molecule has 1 amide bonds. The van der Waals surface area contributed by atoms with E-state index < -0.39 is 27.8 Å². The van der Waals surface area contributed by atoms with E-state index in [-0.39, 0.29) is 23.6 Å². The first kappa shape index (κ1) is 24.2. The third-order valence-electron chi connectivity index (χ3n) is 4.94. The third-order valence-corrected chi connectivity index (χ3v) is 6.43. The Kier molecular flexibility index (Phi) is 8.02. The Bertz CT molecular complexity index is 1190. The molecule has 0 spiro atoms. The minimum absolute atomic E-state index is 0.0268. The fourth-order valence-electron chi connectivity index (χ4n) is 3.20. The molecule has 9 heteroatoms. The Morgan fingerprint density at radius 1 is 0.939 bits per heavy atom. The standard InChI is InChI=1S/C24H25FN2O5S/c1-31-20-11-8-18(9-12-20)16-26-24(28)21(14-17-6-4-3-5-7-17)27-33(29,30)23-15-19(25)10-13-22(23)32-2/h3-13,15,21,27H,14,16H2,1-2H3,(H,26,28). The molecule has 0 fully saturated rings. The fraction of sp³-hybridized carbons (Fsp3) is 0.208. The number of hydrogen-bond acceptors (Lipinski definition) is 5. The van der Waals surface area contributed by atoms with Gasteiger partial charge < -0.3 is 14.8 Å². The van der Waals surface area contributed by atoms with Crippen molar-refractivity contribution in [3.63, 3.8) is 0 Å². The van der Waals surface area contributed by atoms with Gasteiger partial charge in [0.15, 0.2) is 0 Å². The number of rotatable bonds is 10. The maximum Gasteiger partial charge on any atom is 0.245 e. The summed E-state index contributed by atoms with van der Waals surface area (Å²) in [4.78, 5) is 12.6. The molecule has 0 aliphatic rings. The molecule has 7 nitrogen and oxygen atoms in total. The van der Waals surface area contributed by atoms with E-state index in [0.717, 1.165) is 23.3 Å². The Hall–Kier alpha value is -3.43. The Labute approximate surface area is 192 Å². The highest BCUT2D eigenvalue weighted by molar-refractivity contribution is 7.89. The van der Waals surface area contributed by atoms with Gasteiger partial charge in [0.25, 0.3) is 0 Å². The van der Waals surface area contributed by atoms with Gasteiger partial charge in [0.1, 0.15) is 28.3 Å². The molecule has 3 aromatic carbocycles. The molecule has 0 heterocycles. The molecule has 0 saturated carbocycles. The Balaban J connectivity index is 1.82. The molecule has 0 aliphatic carbocycles. The Morgan fingerprint density at radius 3 is 2.27 bits per heavy atom. The average Bonchev–Trinajstić information content (AvgIpc) is 2.83. The van der Waals surface area contributed by atoms with Crippen LogP contribution in [0.2, 0.25) is 0 Å². The van der Waals surface area contributed by atoms with E-state index in [9.17, 15) is 17.6 Å². The van der Waals surface area contributed by atoms with Crippen LogP contribution < -0.4 is 19.5 Å². The van der Waals surface area contributed by atoms with Crippen molar-refractivity contribution in [2.45, 2.75) is 23.9 Å². The lowest BCUT2D eigenvalue weighted by Gasteiger charge is -2.20.